The van der Waals surface area contributed by atoms with Gasteiger partial charge in [0.05, 0.1) is 22.4 Å². The van der Waals surface area contributed by atoms with E-state index in [4.69, 9.17) is 4.42 Å². The topological polar surface area (TPSA) is 21.3 Å². The van der Waals surface area contributed by atoms with Crippen LogP contribution in [0, 0.1) is 0 Å². The average Bonchev–Trinajstić information content (AvgIpc) is 3.97. The summed E-state index contributed by atoms with van der Waals surface area (Å²) in [6.45, 7) is 0. The molecule has 12 rings (SSSR count). The van der Waals surface area contributed by atoms with Gasteiger partial charge in [-0.05, 0) is 60.7 Å². The first-order chi connectivity index (χ1) is 28.8. The first kappa shape index (κ1) is 32.8. The summed E-state index contributed by atoms with van der Waals surface area (Å²) < 4.78 is 11.6. The number of para-hydroxylation sites is 7. The number of benzene rings is 9. The van der Waals surface area contributed by atoms with Crippen molar-refractivity contribution in [2.75, 3.05) is 4.90 Å². The first-order valence-electron chi connectivity index (χ1n) is 19.7. The van der Waals surface area contributed by atoms with E-state index in [1.807, 2.05) is 17.4 Å². The van der Waals surface area contributed by atoms with E-state index in [9.17, 15) is 0 Å². The van der Waals surface area contributed by atoms with Crippen molar-refractivity contribution in [3.63, 3.8) is 0 Å². The Morgan fingerprint density at radius 3 is 1.81 bits per heavy atom. The van der Waals surface area contributed by atoms with Crippen LogP contribution in [0.5, 0.6) is 0 Å². The van der Waals surface area contributed by atoms with Crippen molar-refractivity contribution in [3.05, 3.63) is 206 Å². The standard InChI is InChI=1S/C54H34N2OS/c1-2-17-35(18-3-1)55(47-27-10-6-21-39(47)43-25-16-26-44-41-23-8-14-31-51(41)57-53(43)44)36-33-45(54-46(34-36)42-24-9-15-32-52(42)58-54)40-22-7-13-30-50(40)56-48-28-11-4-19-37(48)38-20-5-12-29-49(38)56/h1-34H. The van der Waals surface area contributed by atoms with Crippen molar-refractivity contribution in [1.29, 1.82) is 0 Å². The van der Waals surface area contributed by atoms with Crippen LogP contribution >= 0.6 is 11.3 Å². The minimum atomic E-state index is 0.892. The zero-order chi connectivity index (χ0) is 38.2. The average molecular weight is 759 g/mol. The minimum absolute atomic E-state index is 0.892. The van der Waals surface area contributed by atoms with Crippen molar-refractivity contribution in [2.24, 2.45) is 0 Å². The molecule has 0 atom stereocenters. The number of rotatable bonds is 6. The Morgan fingerprint density at radius 2 is 1.00 bits per heavy atom. The zero-order valence-electron chi connectivity index (χ0n) is 31.3. The molecule has 0 fully saturated rings. The molecule has 3 heterocycles. The highest BCUT2D eigenvalue weighted by molar-refractivity contribution is 7.26. The molecule has 0 unspecified atom stereocenters. The normalized spacial score (nSPS) is 11.8. The molecule has 12 aromatic rings. The summed E-state index contributed by atoms with van der Waals surface area (Å²) in [5.74, 6) is 0. The Balaban J connectivity index is 1.16. The molecule has 3 aromatic heterocycles. The monoisotopic (exact) mass is 758 g/mol. The van der Waals surface area contributed by atoms with Crippen LogP contribution < -0.4 is 4.90 Å². The fourth-order valence-corrected chi connectivity index (χ4v) is 10.3. The lowest BCUT2D eigenvalue weighted by molar-refractivity contribution is 0.670. The van der Waals surface area contributed by atoms with Crippen molar-refractivity contribution in [2.45, 2.75) is 0 Å². The molecule has 272 valence electrons. The van der Waals surface area contributed by atoms with Gasteiger partial charge in [-0.2, -0.15) is 0 Å². The SMILES string of the molecule is c1ccc(N(c2cc(-c3ccccc3-n3c4ccccc4c4ccccc43)c3sc4ccccc4c3c2)c2ccccc2-c2cccc3c2oc2ccccc23)cc1. The third-order valence-corrected chi connectivity index (χ3v) is 12.8. The van der Waals surface area contributed by atoms with Crippen LogP contribution in [0.15, 0.2) is 211 Å². The van der Waals surface area contributed by atoms with Crippen LogP contribution in [0.3, 0.4) is 0 Å². The van der Waals surface area contributed by atoms with Gasteiger partial charge in [-0.25, -0.2) is 0 Å². The molecule has 0 aliphatic carbocycles. The number of hydrogen-bond donors (Lipinski definition) is 0. The number of fused-ring (bicyclic) bond motifs is 9. The van der Waals surface area contributed by atoms with Gasteiger partial charge in [0, 0.05) is 75.3 Å². The van der Waals surface area contributed by atoms with E-state index >= 15 is 0 Å². The zero-order valence-corrected chi connectivity index (χ0v) is 32.2. The van der Waals surface area contributed by atoms with Gasteiger partial charge in [0.1, 0.15) is 11.2 Å². The van der Waals surface area contributed by atoms with Crippen LogP contribution in [0.2, 0.25) is 0 Å². The van der Waals surface area contributed by atoms with Crippen molar-refractivity contribution < 1.29 is 4.42 Å². The highest BCUT2D eigenvalue weighted by Gasteiger charge is 2.24. The molecule has 3 nitrogen and oxygen atoms in total. The van der Waals surface area contributed by atoms with E-state index in [1.54, 1.807) is 0 Å². The van der Waals surface area contributed by atoms with Gasteiger partial charge in [0.15, 0.2) is 0 Å². The third kappa shape index (κ3) is 4.99. The summed E-state index contributed by atoms with van der Waals surface area (Å²) in [5.41, 5.74) is 13.1. The molecule has 0 aliphatic heterocycles. The molecule has 0 N–H and O–H groups in total. The summed E-state index contributed by atoms with van der Waals surface area (Å²) in [5, 5.41) is 7.23. The Kier molecular flexibility index (Phi) is 7.40. The highest BCUT2D eigenvalue weighted by Crippen LogP contribution is 2.49. The largest absolute Gasteiger partial charge is 0.455 e. The predicted molar refractivity (Wildman–Crippen MR) is 247 cm³/mol. The van der Waals surface area contributed by atoms with Crippen molar-refractivity contribution in [3.8, 4) is 27.9 Å². The lowest BCUT2D eigenvalue weighted by Gasteiger charge is -2.29. The van der Waals surface area contributed by atoms with Gasteiger partial charge >= 0.3 is 0 Å². The molecular weight excluding hydrogens is 725 g/mol. The fraction of sp³-hybridized carbons (Fsp3) is 0. The smallest absolute Gasteiger partial charge is 0.143 e. The second-order valence-electron chi connectivity index (χ2n) is 14.8. The molecule has 0 amide bonds. The minimum Gasteiger partial charge on any atom is -0.455 e. The quantitative estimate of drug-likeness (QED) is 0.168. The maximum Gasteiger partial charge on any atom is 0.143 e. The van der Waals surface area contributed by atoms with Crippen LogP contribution in [-0.2, 0) is 0 Å². The van der Waals surface area contributed by atoms with E-state index in [0.717, 1.165) is 55.8 Å². The molecular formula is C54H34N2OS. The predicted octanol–water partition coefficient (Wildman–Crippen LogP) is 15.9. The van der Waals surface area contributed by atoms with Gasteiger partial charge in [-0.3, -0.25) is 0 Å². The van der Waals surface area contributed by atoms with Crippen LogP contribution in [0.4, 0.5) is 17.1 Å². The maximum absolute atomic E-state index is 6.65. The van der Waals surface area contributed by atoms with Crippen LogP contribution in [-0.4, -0.2) is 4.57 Å². The number of nitrogens with zero attached hydrogens (tertiary/aromatic N) is 2. The van der Waals surface area contributed by atoms with Crippen molar-refractivity contribution in [1.82, 2.24) is 4.57 Å². The Hall–Kier alpha value is -7.40. The second-order valence-corrected chi connectivity index (χ2v) is 15.9. The number of furan rings is 1. The van der Waals surface area contributed by atoms with E-state index in [2.05, 4.69) is 210 Å². The van der Waals surface area contributed by atoms with Gasteiger partial charge in [0.25, 0.3) is 0 Å². The Labute approximate surface area is 338 Å². The van der Waals surface area contributed by atoms with Gasteiger partial charge < -0.3 is 13.9 Å². The molecule has 0 saturated carbocycles. The molecule has 4 heteroatoms. The molecule has 9 aromatic carbocycles. The number of anilines is 3. The molecule has 0 radical (unpaired) electrons. The lowest BCUT2D eigenvalue weighted by atomic mass is 9.97. The highest BCUT2D eigenvalue weighted by atomic mass is 32.1. The van der Waals surface area contributed by atoms with E-state index in [1.165, 1.54) is 53.1 Å². The lowest BCUT2D eigenvalue weighted by Crippen LogP contribution is -2.11. The first-order valence-corrected chi connectivity index (χ1v) is 20.5. The summed E-state index contributed by atoms with van der Waals surface area (Å²) in [7, 11) is 0. The Bertz CT molecular complexity index is 3480. The van der Waals surface area contributed by atoms with E-state index < -0.39 is 0 Å². The molecule has 0 saturated heterocycles. The third-order valence-electron chi connectivity index (χ3n) is 11.6. The molecule has 58 heavy (non-hydrogen) atoms. The summed E-state index contributed by atoms with van der Waals surface area (Å²) in [6.07, 6.45) is 0. The molecule has 0 aliphatic rings. The number of aromatic nitrogens is 1. The summed E-state index contributed by atoms with van der Waals surface area (Å²) in [6, 6.07) is 74.4. The van der Waals surface area contributed by atoms with E-state index in [-0.39, 0.29) is 0 Å². The molecule has 0 bridgehead atoms. The molecule has 0 spiro atoms. The van der Waals surface area contributed by atoms with Crippen molar-refractivity contribution >= 4 is 92.3 Å². The van der Waals surface area contributed by atoms with Gasteiger partial charge in [-0.15, -0.1) is 11.3 Å². The van der Waals surface area contributed by atoms with Crippen LogP contribution in [0.1, 0.15) is 0 Å². The second kappa shape index (κ2) is 13.1. The van der Waals surface area contributed by atoms with Crippen LogP contribution in [0.25, 0.3) is 91.9 Å². The summed E-state index contributed by atoms with van der Waals surface area (Å²) >= 11 is 1.87. The maximum atomic E-state index is 6.65. The summed E-state index contributed by atoms with van der Waals surface area (Å²) in [4.78, 5) is 2.43. The van der Waals surface area contributed by atoms with E-state index in [0.29, 0.717) is 0 Å². The van der Waals surface area contributed by atoms with Gasteiger partial charge in [0.2, 0.25) is 0 Å². The number of hydrogen-bond acceptors (Lipinski definition) is 3. The van der Waals surface area contributed by atoms with Gasteiger partial charge in [-0.1, -0.05) is 146 Å². The Morgan fingerprint density at radius 1 is 0.397 bits per heavy atom. The number of thiophene rings is 1. The fourth-order valence-electron chi connectivity index (χ4n) is 9.08.